The van der Waals surface area contributed by atoms with Gasteiger partial charge < -0.3 is 10.6 Å². The van der Waals surface area contributed by atoms with Crippen molar-refractivity contribution in [2.45, 2.75) is 25.8 Å². The van der Waals surface area contributed by atoms with E-state index in [0.717, 1.165) is 31.7 Å². The van der Waals surface area contributed by atoms with Crippen molar-refractivity contribution in [2.75, 3.05) is 18.0 Å². The van der Waals surface area contributed by atoms with Gasteiger partial charge in [0.05, 0.1) is 5.56 Å². The Bertz CT molecular complexity index is 406. The zero-order chi connectivity index (χ0) is 12.3. The molecule has 1 saturated heterocycles. The second kappa shape index (κ2) is 5.15. The van der Waals surface area contributed by atoms with Gasteiger partial charge >= 0.3 is 0 Å². The number of anilines is 1. The lowest BCUT2D eigenvalue weighted by atomic mass is 9.91. The maximum atomic E-state index is 8.73. The lowest BCUT2D eigenvalue weighted by Gasteiger charge is -2.37. The molecule has 1 aliphatic heterocycles. The van der Waals surface area contributed by atoms with Crippen LogP contribution in [0, 0.1) is 17.2 Å². The van der Waals surface area contributed by atoms with Gasteiger partial charge in [0.2, 0.25) is 0 Å². The van der Waals surface area contributed by atoms with Crippen LogP contribution in [0.15, 0.2) is 18.3 Å². The fraction of sp³-hybridized carbons (Fsp3) is 0.538. The Balaban J connectivity index is 2.09. The van der Waals surface area contributed by atoms with Gasteiger partial charge in [0.1, 0.15) is 11.9 Å². The van der Waals surface area contributed by atoms with Crippen molar-refractivity contribution in [3.63, 3.8) is 0 Å². The van der Waals surface area contributed by atoms with E-state index in [2.05, 4.69) is 22.9 Å². The minimum Gasteiger partial charge on any atom is -0.356 e. The van der Waals surface area contributed by atoms with Crippen LogP contribution in [-0.2, 0) is 0 Å². The number of nitriles is 1. The lowest BCUT2D eigenvalue weighted by molar-refractivity contribution is 0.347. The molecule has 90 valence electrons. The molecular weight excluding hydrogens is 212 g/mol. The Morgan fingerprint density at radius 1 is 1.59 bits per heavy atom. The molecule has 1 fully saturated rings. The molecule has 2 rings (SSSR count). The molecule has 0 aliphatic carbocycles. The van der Waals surface area contributed by atoms with E-state index in [1.54, 1.807) is 6.20 Å². The Labute approximate surface area is 102 Å². The largest absolute Gasteiger partial charge is 0.356 e. The standard InChI is InChI=1S/C13H18N4/c1-2-11-9-17(6-5-12(11)15)13-4-3-10(7-14)8-16-13/h3-4,8,11-12H,2,5-6,9,15H2,1H3. The molecule has 4 nitrogen and oxygen atoms in total. The molecule has 0 radical (unpaired) electrons. The first kappa shape index (κ1) is 11.9. The van der Waals surface area contributed by atoms with Crippen molar-refractivity contribution in [3.8, 4) is 6.07 Å². The minimum absolute atomic E-state index is 0.314. The van der Waals surface area contributed by atoms with Gasteiger partial charge in [-0.2, -0.15) is 5.26 Å². The topological polar surface area (TPSA) is 65.9 Å². The van der Waals surface area contributed by atoms with Crippen LogP contribution >= 0.6 is 0 Å². The van der Waals surface area contributed by atoms with E-state index < -0.39 is 0 Å². The number of piperidine rings is 1. The summed E-state index contributed by atoms with van der Waals surface area (Å²) in [4.78, 5) is 6.59. The number of aromatic nitrogens is 1. The summed E-state index contributed by atoms with van der Waals surface area (Å²) in [6.45, 7) is 4.10. The Morgan fingerprint density at radius 3 is 3.00 bits per heavy atom. The normalized spacial score (nSPS) is 24.4. The fourth-order valence-corrected chi connectivity index (χ4v) is 2.33. The summed E-state index contributed by atoms with van der Waals surface area (Å²) < 4.78 is 0. The van der Waals surface area contributed by atoms with Gasteiger partial charge in [0.25, 0.3) is 0 Å². The van der Waals surface area contributed by atoms with Crippen molar-refractivity contribution in [2.24, 2.45) is 11.7 Å². The predicted molar refractivity (Wildman–Crippen MR) is 67.5 cm³/mol. The van der Waals surface area contributed by atoms with E-state index in [1.807, 2.05) is 12.1 Å². The molecule has 2 heterocycles. The maximum Gasteiger partial charge on any atom is 0.128 e. The summed E-state index contributed by atoms with van der Waals surface area (Å²) in [6, 6.07) is 6.13. The number of hydrogen-bond acceptors (Lipinski definition) is 4. The third kappa shape index (κ3) is 2.56. The average molecular weight is 230 g/mol. The summed E-state index contributed by atoms with van der Waals surface area (Å²) in [7, 11) is 0. The van der Waals surface area contributed by atoms with E-state index in [-0.39, 0.29) is 0 Å². The monoisotopic (exact) mass is 230 g/mol. The van der Waals surface area contributed by atoms with Gasteiger partial charge in [0.15, 0.2) is 0 Å². The van der Waals surface area contributed by atoms with E-state index in [4.69, 9.17) is 11.0 Å². The van der Waals surface area contributed by atoms with E-state index in [9.17, 15) is 0 Å². The summed E-state index contributed by atoms with van der Waals surface area (Å²) in [5.41, 5.74) is 6.69. The molecular formula is C13H18N4. The molecule has 0 saturated carbocycles. The summed E-state index contributed by atoms with van der Waals surface area (Å²) in [6.07, 6.45) is 3.75. The van der Waals surface area contributed by atoms with Crippen LogP contribution in [0.4, 0.5) is 5.82 Å². The molecule has 1 aliphatic rings. The molecule has 4 heteroatoms. The molecule has 0 spiro atoms. The van der Waals surface area contributed by atoms with Crippen LogP contribution in [0.3, 0.4) is 0 Å². The first-order chi connectivity index (χ1) is 8.24. The van der Waals surface area contributed by atoms with Gasteiger partial charge in [-0.05, 0) is 24.5 Å². The first-order valence-corrected chi connectivity index (χ1v) is 6.11. The highest BCUT2D eigenvalue weighted by molar-refractivity contribution is 5.42. The van der Waals surface area contributed by atoms with E-state index in [0.29, 0.717) is 17.5 Å². The molecule has 2 unspecified atom stereocenters. The molecule has 17 heavy (non-hydrogen) atoms. The van der Waals surface area contributed by atoms with Crippen molar-refractivity contribution in [1.29, 1.82) is 5.26 Å². The summed E-state index contributed by atoms with van der Waals surface area (Å²) in [5.74, 6) is 1.50. The number of hydrogen-bond donors (Lipinski definition) is 1. The Kier molecular flexibility index (Phi) is 3.60. The van der Waals surface area contributed by atoms with Crippen LogP contribution in [-0.4, -0.2) is 24.1 Å². The molecule has 2 atom stereocenters. The average Bonchev–Trinajstić information content (AvgIpc) is 2.39. The number of nitrogens with zero attached hydrogens (tertiary/aromatic N) is 3. The van der Waals surface area contributed by atoms with E-state index >= 15 is 0 Å². The smallest absolute Gasteiger partial charge is 0.128 e. The Morgan fingerprint density at radius 2 is 2.41 bits per heavy atom. The van der Waals surface area contributed by atoms with Crippen LogP contribution in [0.2, 0.25) is 0 Å². The van der Waals surface area contributed by atoms with Crippen LogP contribution < -0.4 is 10.6 Å². The predicted octanol–water partition coefficient (Wildman–Crippen LogP) is 1.52. The van der Waals surface area contributed by atoms with Gasteiger partial charge in [-0.15, -0.1) is 0 Å². The highest BCUT2D eigenvalue weighted by atomic mass is 15.2. The van der Waals surface area contributed by atoms with E-state index in [1.165, 1.54) is 0 Å². The zero-order valence-corrected chi connectivity index (χ0v) is 10.1. The SMILES string of the molecule is CCC1CN(c2ccc(C#N)cn2)CCC1N. The zero-order valence-electron chi connectivity index (χ0n) is 10.1. The molecule has 1 aromatic heterocycles. The van der Waals surface area contributed by atoms with Crippen molar-refractivity contribution >= 4 is 5.82 Å². The molecule has 2 N–H and O–H groups in total. The summed E-state index contributed by atoms with van der Waals surface area (Å²) in [5, 5.41) is 8.73. The number of nitrogens with two attached hydrogens (primary N) is 1. The van der Waals surface area contributed by atoms with Crippen molar-refractivity contribution < 1.29 is 0 Å². The first-order valence-electron chi connectivity index (χ1n) is 6.11. The highest BCUT2D eigenvalue weighted by Crippen LogP contribution is 2.22. The fourth-order valence-electron chi connectivity index (χ4n) is 2.33. The third-order valence-corrected chi connectivity index (χ3v) is 3.52. The minimum atomic E-state index is 0.314. The van der Waals surface area contributed by atoms with Crippen LogP contribution in [0.25, 0.3) is 0 Å². The highest BCUT2D eigenvalue weighted by Gasteiger charge is 2.25. The van der Waals surface area contributed by atoms with Crippen molar-refractivity contribution in [1.82, 2.24) is 4.98 Å². The molecule has 0 amide bonds. The second-order valence-corrected chi connectivity index (χ2v) is 4.58. The molecule has 0 aromatic carbocycles. The maximum absolute atomic E-state index is 8.73. The molecule has 0 bridgehead atoms. The molecule has 1 aromatic rings. The van der Waals surface area contributed by atoms with Gasteiger partial charge in [-0.25, -0.2) is 4.98 Å². The second-order valence-electron chi connectivity index (χ2n) is 4.58. The van der Waals surface area contributed by atoms with Crippen molar-refractivity contribution in [3.05, 3.63) is 23.9 Å². The Hall–Kier alpha value is -1.60. The van der Waals surface area contributed by atoms with Gasteiger partial charge in [0, 0.05) is 25.3 Å². The van der Waals surface area contributed by atoms with Crippen LogP contribution in [0.5, 0.6) is 0 Å². The number of pyridine rings is 1. The lowest BCUT2D eigenvalue weighted by Crippen LogP contribution is -2.47. The summed E-state index contributed by atoms with van der Waals surface area (Å²) >= 11 is 0. The van der Waals surface area contributed by atoms with Gasteiger partial charge in [-0.3, -0.25) is 0 Å². The van der Waals surface area contributed by atoms with Gasteiger partial charge in [-0.1, -0.05) is 13.3 Å². The third-order valence-electron chi connectivity index (χ3n) is 3.52. The number of rotatable bonds is 2. The quantitative estimate of drug-likeness (QED) is 0.836. The van der Waals surface area contributed by atoms with Crippen LogP contribution in [0.1, 0.15) is 25.3 Å².